The Bertz CT molecular complexity index is 296. The maximum atomic E-state index is 4.07. The Morgan fingerprint density at radius 1 is 1.00 bits per heavy atom. The average molecular weight is 233 g/mol. The molecule has 0 aromatic heterocycles. The van der Waals surface area contributed by atoms with Gasteiger partial charge in [0, 0.05) is 12.1 Å². The Balaban J connectivity index is 1.43. The van der Waals surface area contributed by atoms with Crippen molar-refractivity contribution in [3.05, 3.63) is 0 Å². The third-order valence-electron chi connectivity index (χ3n) is 6.49. The van der Waals surface area contributed by atoms with E-state index in [0.717, 1.165) is 41.7 Å². The first-order valence-electron chi connectivity index (χ1n) is 8.13. The van der Waals surface area contributed by atoms with Gasteiger partial charge in [0.1, 0.15) is 0 Å². The molecule has 96 valence electrons. The van der Waals surface area contributed by atoms with Crippen molar-refractivity contribution in [2.45, 2.75) is 70.4 Å². The van der Waals surface area contributed by atoms with Gasteiger partial charge in [-0.15, -0.1) is 0 Å². The normalized spacial score (nSPS) is 49.6. The molecule has 0 aliphatic heterocycles. The molecule has 0 heterocycles. The molecule has 0 aromatic rings. The van der Waals surface area contributed by atoms with E-state index in [1.54, 1.807) is 19.3 Å². The van der Waals surface area contributed by atoms with Crippen molar-refractivity contribution in [3.63, 3.8) is 0 Å². The van der Waals surface area contributed by atoms with E-state index in [4.69, 9.17) is 0 Å². The Hall–Kier alpha value is -0.0400. The molecule has 2 bridgehead atoms. The molecule has 4 aliphatic carbocycles. The van der Waals surface area contributed by atoms with Gasteiger partial charge in [-0.25, -0.2) is 0 Å². The number of hydrogen-bond donors (Lipinski definition) is 1. The summed E-state index contributed by atoms with van der Waals surface area (Å²) in [5.41, 5.74) is 0. The van der Waals surface area contributed by atoms with Crippen molar-refractivity contribution in [2.75, 3.05) is 0 Å². The number of hydrogen-bond acceptors (Lipinski definition) is 1. The van der Waals surface area contributed by atoms with Crippen LogP contribution < -0.4 is 5.32 Å². The van der Waals surface area contributed by atoms with E-state index in [2.05, 4.69) is 12.2 Å². The Labute approximate surface area is 106 Å². The predicted octanol–water partition coefficient (Wildman–Crippen LogP) is 3.59. The van der Waals surface area contributed by atoms with Gasteiger partial charge in [0.05, 0.1) is 0 Å². The van der Waals surface area contributed by atoms with Crippen molar-refractivity contribution in [1.29, 1.82) is 0 Å². The highest BCUT2D eigenvalue weighted by atomic mass is 15.0. The van der Waals surface area contributed by atoms with E-state index in [0.29, 0.717) is 0 Å². The van der Waals surface area contributed by atoms with Gasteiger partial charge in [0.2, 0.25) is 0 Å². The standard InChI is InChI=1S/C16H27N/c1-2-15(10-6-7-10)17-16-9-11-8-14(16)13-5-3-4-12(11)13/h10-17H,2-9H2,1H3. The van der Waals surface area contributed by atoms with Crippen molar-refractivity contribution in [3.8, 4) is 0 Å². The van der Waals surface area contributed by atoms with E-state index in [1.165, 1.54) is 32.1 Å². The summed E-state index contributed by atoms with van der Waals surface area (Å²) in [4.78, 5) is 0. The number of fused-ring (bicyclic) bond motifs is 5. The molecule has 17 heavy (non-hydrogen) atoms. The van der Waals surface area contributed by atoms with Gasteiger partial charge in [0.15, 0.2) is 0 Å². The summed E-state index contributed by atoms with van der Waals surface area (Å²) in [5.74, 6) is 5.50. The highest BCUT2D eigenvalue weighted by Gasteiger charge is 2.54. The molecule has 1 heteroatoms. The highest BCUT2D eigenvalue weighted by molar-refractivity contribution is 5.06. The van der Waals surface area contributed by atoms with Crippen molar-refractivity contribution >= 4 is 0 Å². The largest absolute Gasteiger partial charge is 0.311 e. The van der Waals surface area contributed by atoms with Crippen LogP contribution in [0.3, 0.4) is 0 Å². The van der Waals surface area contributed by atoms with Crippen molar-refractivity contribution in [1.82, 2.24) is 5.32 Å². The molecule has 0 radical (unpaired) electrons. The monoisotopic (exact) mass is 233 g/mol. The molecule has 4 rings (SSSR count). The van der Waals surface area contributed by atoms with Crippen LogP contribution in [0.15, 0.2) is 0 Å². The van der Waals surface area contributed by atoms with Gasteiger partial charge in [-0.3, -0.25) is 0 Å². The minimum atomic E-state index is 0.860. The first-order valence-corrected chi connectivity index (χ1v) is 8.13. The Kier molecular flexibility index (Phi) is 2.54. The second kappa shape index (κ2) is 3.98. The molecule has 0 spiro atoms. The topological polar surface area (TPSA) is 12.0 Å². The van der Waals surface area contributed by atoms with Gasteiger partial charge in [-0.2, -0.15) is 0 Å². The molecular weight excluding hydrogens is 206 g/mol. The second-order valence-corrected chi connectivity index (χ2v) is 7.28. The first-order chi connectivity index (χ1) is 8.36. The fraction of sp³-hybridized carbons (Fsp3) is 1.00. The molecule has 0 aromatic carbocycles. The highest BCUT2D eigenvalue weighted by Crippen LogP contribution is 2.58. The van der Waals surface area contributed by atoms with Gasteiger partial charge in [-0.1, -0.05) is 13.3 Å². The van der Waals surface area contributed by atoms with Gasteiger partial charge >= 0.3 is 0 Å². The van der Waals surface area contributed by atoms with Crippen molar-refractivity contribution in [2.24, 2.45) is 29.6 Å². The quantitative estimate of drug-likeness (QED) is 0.782. The number of nitrogens with one attached hydrogen (secondary N) is 1. The van der Waals surface area contributed by atoms with Gasteiger partial charge < -0.3 is 5.32 Å². The third-order valence-corrected chi connectivity index (χ3v) is 6.49. The Morgan fingerprint density at radius 3 is 2.59 bits per heavy atom. The molecule has 4 aliphatic rings. The lowest BCUT2D eigenvalue weighted by atomic mass is 9.79. The van der Waals surface area contributed by atoms with Crippen LogP contribution in [0, 0.1) is 29.6 Å². The lowest BCUT2D eigenvalue weighted by molar-refractivity contribution is 0.192. The van der Waals surface area contributed by atoms with Crippen LogP contribution in [0.4, 0.5) is 0 Å². The van der Waals surface area contributed by atoms with Gasteiger partial charge in [0.25, 0.3) is 0 Å². The fourth-order valence-corrected chi connectivity index (χ4v) is 5.62. The molecule has 4 fully saturated rings. The minimum absolute atomic E-state index is 0.860. The molecule has 6 atom stereocenters. The summed E-state index contributed by atoms with van der Waals surface area (Å²) in [7, 11) is 0. The van der Waals surface area contributed by atoms with E-state index in [1.807, 2.05) is 0 Å². The summed E-state index contributed by atoms with van der Waals surface area (Å²) in [6.45, 7) is 2.38. The fourth-order valence-electron chi connectivity index (χ4n) is 5.62. The molecule has 6 unspecified atom stereocenters. The van der Waals surface area contributed by atoms with Crippen molar-refractivity contribution < 1.29 is 0 Å². The summed E-state index contributed by atoms with van der Waals surface area (Å²) in [5, 5.41) is 4.07. The summed E-state index contributed by atoms with van der Waals surface area (Å²) in [6, 6.07) is 1.77. The van der Waals surface area contributed by atoms with Gasteiger partial charge in [-0.05, 0) is 74.5 Å². The summed E-state index contributed by atoms with van der Waals surface area (Å²) >= 11 is 0. The molecule has 0 saturated heterocycles. The van der Waals surface area contributed by atoms with Crippen LogP contribution in [-0.4, -0.2) is 12.1 Å². The van der Waals surface area contributed by atoms with E-state index in [-0.39, 0.29) is 0 Å². The molecule has 4 saturated carbocycles. The average Bonchev–Trinajstić information content (AvgIpc) is 2.81. The van der Waals surface area contributed by atoms with Crippen LogP contribution in [0.2, 0.25) is 0 Å². The minimum Gasteiger partial charge on any atom is -0.311 e. The maximum Gasteiger partial charge on any atom is 0.0104 e. The molecule has 1 N–H and O–H groups in total. The van der Waals surface area contributed by atoms with Crippen LogP contribution in [0.1, 0.15) is 58.3 Å². The van der Waals surface area contributed by atoms with Crippen LogP contribution in [0.25, 0.3) is 0 Å². The zero-order valence-corrected chi connectivity index (χ0v) is 11.2. The third kappa shape index (κ3) is 1.69. The van der Waals surface area contributed by atoms with E-state index in [9.17, 15) is 0 Å². The SMILES string of the molecule is CCC(NC1CC2CC1C1CCCC21)C1CC1. The molecular formula is C16H27N. The van der Waals surface area contributed by atoms with E-state index >= 15 is 0 Å². The Morgan fingerprint density at radius 2 is 1.82 bits per heavy atom. The zero-order valence-electron chi connectivity index (χ0n) is 11.2. The number of rotatable bonds is 4. The lowest BCUT2D eigenvalue weighted by Gasteiger charge is -2.34. The van der Waals surface area contributed by atoms with Crippen LogP contribution in [0.5, 0.6) is 0 Å². The first kappa shape index (κ1) is 10.8. The molecule has 0 amide bonds. The van der Waals surface area contributed by atoms with Crippen LogP contribution in [-0.2, 0) is 0 Å². The smallest absolute Gasteiger partial charge is 0.0104 e. The summed E-state index contributed by atoms with van der Waals surface area (Å²) in [6.07, 6.45) is 12.1. The predicted molar refractivity (Wildman–Crippen MR) is 70.8 cm³/mol. The molecule has 1 nitrogen and oxygen atoms in total. The maximum absolute atomic E-state index is 4.07. The van der Waals surface area contributed by atoms with E-state index < -0.39 is 0 Å². The summed E-state index contributed by atoms with van der Waals surface area (Å²) < 4.78 is 0. The van der Waals surface area contributed by atoms with Crippen LogP contribution >= 0.6 is 0 Å². The zero-order chi connectivity index (χ0) is 11.4. The lowest BCUT2D eigenvalue weighted by Crippen LogP contribution is -2.45. The second-order valence-electron chi connectivity index (χ2n) is 7.28.